The number of benzene rings is 4. The number of pyridine rings is 1. The number of aliphatic carboxylic acids is 1. The molecule has 6 rings (SSSR count). The molecule has 266 valence electrons. The van der Waals surface area contributed by atoms with Gasteiger partial charge >= 0.3 is 5.97 Å². The van der Waals surface area contributed by atoms with Gasteiger partial charge in [-0.15, -0.1) is 0 Å². The maximum Gasteiger partial charge on any atom is 0.311 e. The van der Waals surface area contributed by atoms with Crippen molar-refractivity contribution < 1.29 is 24.5 Å². The number of nitrogens with zero attached hydrogens (tertiary/aromatic N) is 2. The van der Waals surface area contributed by atoms with E-state index >= 15 is 0 Å². The van der Waals surface area contributed by atoms with Crippen LogP contribution in [0.4, 0.5) is 0 Å². The highest BCUT2D eigenvalue weighted by Gasteiger charge is 2.32. The van der Waals surface area contributed by atoms with E-state index in [1.54, 1.807) is 24.4 Å². The lowest BCUT2D eigenvalue weighted by Gasteiger charge is -2.23. The fourth-order valence-electron chi connectivity index (χ4n) is 6.82. The maximum absolute atomic E-state index is 11.9. The number of nitrogens with two attached hydrogens (primary N) is 1. The zero-order valence-corrected chi connectivity index (χ0v) is 30.3. The Kier molecular flexibility index (Phi) is 11.0. The molecule has 0 saturated heterocycles. The first kappa shape index (κ1) is 36.6. The molecule has 0 saturated carbocycles. The summed E-state index contributed by atoms with van der Waals surface area (Å²) in [5.74, 6) is -0.221. The molecule has 0 aliphatic heterocycles. The average Bonchev–Trinajstić information content (AvgIpc) is 3.52. The molecular weight excluding hydrogens is 674 g/mol. The predicted octanol–water partition coefficient (Wildman–Crippen LogP) is 8.16. The van der Waals surface area contributed by atoms with Crippen LogP contribution in [0.15, 0.2) is 85.2 Å². The monoisotopic (exact) mass is 715 g/mol. The van der Waals surface area contributed by atoms with E-state index in [0.29, 0.717) is 33.2 Å². The van der Waals surface area contributed by atoms with Gasteiger partial charge in [-0.05, 0) is 114 Å². The molecule has 4 aromatic carbocycles. The van der Waals surface area contributed by atoms with Gasteiger partial charge in [0.05, 0.1) is 22.6 Å². The number of ether oxygens (including phenoxy) is 2. The number of carbonyl (C=O) groups is 1. The van der Waals surface area contributed by atoms with Crippen LogP contribution in [0.1, 0.15) is 57.9 Å². The molecule has 1 heterocycles. The van der Waals surface area contributed by atoms with Gasteiger partial charge in [-0.1, -0.05) is 66.2 Å². The lowest BCUT2D eigenvalue weighted by atomic mass is 9.85. The summed E-state index contributed by atoms with van der Waals surface area (Å²) in [5, 5.41) is 29.2. The third kappa shape index (κ3) is 7.83. The first-order valence-corrected chi connectivity index (χ1v) is 17.7. The van der Waals surface area contributed by atoms with Crippen molar-refractivity contribution in [3.63, 3.8) is 0 Å². The van der Waals surface area contributed by atoms with Gasteiger partial charge in [0.1, 0.15) is 30.8 Å². The summed E-state index contributed by atoms with van der Waals surface area (Å²) < 4.78 is 12.6. The molecule has 1 unspecified atom stereocenters. The van der Waals surface area contributed by atoms with E-state index < -0.39 is 18.0 Å². The van der Waals surface area contributed by atoms with Crippen LogP contribution in [0.5, 0.6) is 11.5 Å². The zero-order chi connectivity index (χ0) is 37.0. The number of fused-ring (bicyclic) bond motifs is 1. The Morgan fingerprint density at radius 2 is 1.63 bits per heavy atom. The van der Waals surface area contributed by atoms with Crippen molar-refractivity contribution in [2.45, 2.75) is 65.7 Å². The van der Waals surface area contributed by atoms with Crippen LogP contribution in [0.2, 0.25) is 5.02 Å². The van der Waals surface area contributed by atoms with E-state index in [2.05, 4.69) is 67.4 Å². The topological polar surface area (TPSA) is 139 Å². The molecule has 1 aliphatic rings. The highest BCUT2D eigenvalue weighted by atomic mass is 35.5. The summed E-state index contributed by atoms with van der Waals surface area (Å²) in [6, 6.07) is 26.7. The van der Waals surface area contributed by atoms with E-state index in [1.165, 1.54) is 40.9 Å². The van der Waals surface area contributed by atoms with Crippen LogP contribution in [-0.2, 0) is 37.3 Å². The van der Waals surface area contributed by atoms with Crippen LogP contribution in [0.25, 0.3) is 22.3 Å². The number of halogens is 1. The Morgan fingerprint density at radius 1 is 0.923 bits per heavy atom. The normalized spacial score (nSPS) is 14.7. The van der Waals surface area contributed by atoms with Crippen LogP contribution in [-0.4, -0.2) is 33.8 Å². The SMILES string of the molecule is Cc1c(COc2cc(OCc3cncc(C#N)c3)c(CC[C@@](C)(CO)C(=O)O)cc2Cl)cccc1-c1cccc(-c2ccc3c(c2)CC(N)C3)c1C. The van der Waals surface area contributed by atoms with E-state index in [0.717, 1.165) is 35.1 Å². The van der Waals surface area contributed by atoms with Gasteiger partial charge in [0.2, 0.25) is 0 Å². The third-order valence-corrected chi connectivity index (χ3v) is 10.5. The highest BCUT2D eigenvalue weighted by molar-refractivity contribution is 6.32. The first-order valence-electron chi connectivity index (χ1n) is 17.3. The number of hydrogen-bond acceptors (Lipinski definition) is 7. The van der Waals surface area contributed by atoms with Crippen molar-refractivity contribution in [3.8, 4) is 39.8 Å². The molecule has 8 nitrogen and oxygen atoms in total. The molecule has 0 radical (unpaired) electrons. The second-order valence-electron chi connectivity index (χ2n) is 13.9. The quantitative estimate of drug-likeness (QED) is 0.111. The van der Waals surface area contributed by atoms with Gasteiger partial charge in [-0.3, -0.25) is 9.78 Å². The molecule has 0 bridgehead atoms. The molecule has 0 amide bonds. The predicted molar refractivity (Wildman–Crippen MR) is 202 cm³/mol. The number of carboxylic acids is 1. The molecule has 52 heavy (non-hydrogen) atoms. The van der Waals surface area contributed by atoms with Crippen molar-refractivity contribution in [1.82, 2.24) is 4.98 Å². The van der Waals surface area contributed by atoms with Crippen molar-refractivity contribution in [2.24, 2.45) is 11.1 Å². The number of rotatable bonds is 13. The van der Waals surface area contributed by atoms with Crippen LogP contribution < -0.4 is 15.2 Å². The molecule has 4 N–H and O–H groups in total. The molecular formula is C43H42ClN3O5. The second-order valence-corrected chi connectivity index (χ2v) is 14.3. The fraction of sp³-hybridized carbons (Fsp3) is 0.279. The Morgan fingerprint density at radius 3 is 2.38 bits per heavy atom. The van der Waals surface area contributed by atoms with Crippen molar-refractivity contribution in [3.05, 3.63) is 135 Å². The average molecular weight is 716 g/mol. The number of carboxylic acid groups (broad SMARTS) is 1. The van der Waals surface area contributed by atoms with Crippen LogP contribution in [0, 0.1) is 30.6 Å². The summed E-state index contributed by atoms with van der Waals surface area (Å²) in [7, 11) is 0. The van der Waals surface area contributed by atoms with Gasteiger partial charge in [-0.25, -0.2) is 0 Å². The minimum atomic E-state index is -1.33. The number of aliphatic hydroxyl groups is 1. The number of aliphatic hydroxyl groups excluding tert-OH is 1. The molecule has 1 aliphatic carbocycles. The summed E-state index contributed by atoms with van der Waals surface area (Å²) in [6.07, 6.45) is 5.38. The van der Waals surface area contributed by atoms with E-state index in [1.807, 2.05) is 12.1 Å². The van der Waals surface area contributed by atoms with E-state index in [4.69, 9.17) is 26.8 Å². The Labute approximate surface area is 309 Å². The van der Waals surface area contributed by atoms with Crippen LogP contribution in [0.3, 0.4) is 0 Å². The summed E-state index contributed by atoms with van der Waals surface area (Å²) in [5.41, 5.74) is 17.3. The lowest BCUT2D eigenvalue weighted by molar-refractivity contribution is -0.150. The van der Waals surface area contributed by atoms with Gasteiger partial charge in [-0.2, -0.15) is 5.26 Å². The number of hydrogen-bond donors (Lipinski definition) is 3. The molecule has 9 heteroatoms. The van der Waals surface area contributed by atoms with Crippen LogP contribution >= 0.6 is 11.6 Å². The minimum Gasteiger partial charge on any atom is -0.488 e. The Balaban J connectivity index is 1.26. The standard InChI is InChI=1S/C43H42ClN3O5/c1-26-33(6-4-8-37(26)38-9-5-7-36(27(38)2)31-11-10-30-16-35(46)17-34(30)15-31)24-52-41-19-40(51-23-29-14-28(20-45)21-47-22-29)32(18-39(41)44)12-13-43(3,25-48)42(49)50/h4-11,14-15,18-19,21-22,35,48H,12-13,16-17,23-25,46H2,1-3H3,(H,49,50)/t35?,43-/m0/s1. The number of aryl methyl sites for hydroxylation is 1. The van der Waals surface area contributed by atoms with Crippen molar-refractivity contribution >= 4 is 17.6 Å². The Hall–Kier alpha value is -5.20. The Bertz CT molecular complexity index is 2180. The van der Waals surface area contributed by atoms with Gasteiger partial charge in [0, 0.05) is 30.1 Å². The lowest BCUT2D eigenvalue weighted by Crippen LogP contribution is -2.32. The third-order valence-electron chi connectivity index (χ3n) is 10.2. The summed E-state index contributed by atoms with van der Waals surface area (Å²) >= 11 is 6.78. The molecule has 0 fully saturated rings. The molecule has 0 spiro atoms. The highest BCUT2D eigenvalue weighted by Crippen LogP contribution is 2.38. The molecule has 5 aromatic rings. The van der Waals surface area contributed by atoms with Crippen molar-refractivity contribution in [2.75, 3.05) is 6.61 Å². The number of aromatic nitrogens is 1. The van der Waals surface area contributed by atoms with Crippen molar-refractivity contribution in [1.29, 1.82) is 5.26 Å². The van der Waals surface area contributed by atoms with Gasteiger partial charge in [0.15, 0.2) is 0 Å². The molecule has 2 atom stereocenters. The van der Waals surface area contributed by atoms with E-state index in [9.17, 15) is 20.3 Å². The van der Waals surface area contributed by atoms with Gasteiger partial charge < -0.3 is 25.4 Å². The smallest absolute Gasteiger partial charge is 0.311 e. The van der Waals surface area contributed by atoms with E-state index in [-0.39, 0.29) is 32.1 Å². The fourth-order valence-corrected chi connectivity index (χ4v) is 7.06. The second kappa shape index (κ2) is 15.6. The largest absolute Gasteiger partial charge is 0.488 e. The summed E-state index contributed by atoms with van der Waals surface area (Å²) in [6.45, 7) is 5.63. The summed E-state index contributed by atoms with van der Waals surface area (Å²) in [4.78, 5) is 16.0. The minimum absolute atomic E-state index is 0.116. The van der Waals surface area contributed by atoms with Gasteiger partial charge in [0.25, 0.3) is 0 Å². The molecule has 1 aromatic heterocycles. The zero-order valence-electron chi connectivity index (χ0n) is 29.6. The first-order chi connectivity index (χ1) is 25.0. The number of nitriles is 1. The maximum atomic E-state index is 11.9.